The number of H-pyrrole nitrogens is 1. The summed E-state index contributed by atoms with van der Waals surface area (Å²) >= 11 is 0. The number of carbonyl (C=O) groups excluding carboxylic acids is 1. The molecule has 15 heavy (non-hydrogen) atoms. The smallest absolute Gasteiger partial charge is 0.328 e. The summed E-state index contributed by atoms with van der Waals surface area (Å²) in [4.78, 5) is 21.3. The van der Waals surface area contributed by atoms with E-state index in [0.29, 0.717) is 5.82 Å². The Labute approximate surface area is 86.0 Å². The number of nitrogens with one attached hydrogen (secondary N) is 2. The van der Waals surface area contributed by atoms with Crippen LogP contribution in [0, 0.1) is 13.8 Å². The van der Waals surface area contributed by atoms with Crippen molar-refractivity contribution in [3.8, 4) is 0 Å². The average molecular weight is 209 g/mol. The van der Waals surface area contributed by atoms with Gasteiger partial charge in [-0.1, -0.05) is 0 Å². The number of aromatic nitrogens is 2. The molecule has 1 amide bonds. The van der Waals surface area contributed by atoms with E-state index in [1.54, 1.807) is 6.92 Å². The Morgan fingerprint density at radius 3 is 2.53 bits per heavy atom. The monoisotopic (exact) mass is 209 g/mol. The van der Waals surface area contributed by atoms with Crippen molar-refractivity contribution in [1.29, 1.82) is 0 Å². The van der Waals surface area contributed by atoms with E-state index >= 15 is 0 Å². The van der Waals surface area contributed by atoms with Gasteiger partial charge in [0.15, 0.2) is 5.82 Å². The van der Waals surface area contributed by atoms with Crippen LogP contribution in [0.3, 0.4) is 0 Å². The fourth-order valence-electron chi connectivity index (χ4n) is 0.912. The number of rotatable bonds is 3. The maximum absolute atomic E-state index is 11.2. The minimum absolute atomic E-state index is 0.410. The van der Waals surface area contributed by atoms with Crippen molar-refractivity contribution in [2.45, 2.75) is 13.8 Å². The maximum Gasteiger partial charge on any atom is 0.328 e. The van der Waals surface area contributed by atoms with Crippen LogP contribution in [0.1, 0.15) is 11.3 Å². The minimum Gasteiger partial charge on any atom is -0.478 e. The van der Waals surface area contributed by atoms with Crippen molar-refractivity contribution < 1.29 is 14.7 Å². The summed E-state index contributed by atoms with van der Waals surface area (Å²) < 4.78 is 0. The van der Waals surface area contributed by atoms with E-state index < -0.39 is 11.9 Å². The number of amides is 1. The topological polar surface area (TPSA) is 95.1 Å². The standard InChI is InChI=1S/C9H11N3O3/c1-5-6(2)11-12-9(5)10-7(13)3-4-8(14)15/h3-4H,1-2H3,(H,14,15)(H2,10,11,12,13)/b4-3+. The molecule has 6 heteroatoms. The molecule has 1 aromatic heterocycles. The molecular formula is C9H11N3O3. The number of anilines is 1. The largest absolute Gasteiger partial charge is 0.478 e. The Bertz CT molecular complexity index is 420. The third-order valence-electron chi connectivity index (χ3n) is 1.87. The molecule has 0 aliphatic carbocycles. The Balaban J connectivity index is 2.67. The van der Waals surface area contributed by atoms with Gasteiger partial charge in [0.25, 0.3) is 0 Å². The second kappa shape index (κ2) is 4.41. The van der Waals surface area contributed by atoms with Crippen LogP contribution in [-0.2, 0) is 9.59 Å². The molecular weight excluding hydrogens is 198 g/mol. The van der Waals surface area contributed by atoms with Gasteiger partial charge >= 0.3 is 5.97 Å². The van der Waals surface area contributed by atoms with Crippen molar-refractivity contribution in [2.75, 3.05) is 5.32 Å². The highest BCUT2D eigenvalue weighted by molar-refractivity contribution is 6.02. The van der Waals surface area contributed by atoms with E-state index in [4.69, 9.17) is 5.11 Å². The van der Waals surface area contributed by atoms with E-state index in [-0.39, 0.29) is 0 Å². The highest BCUT2D eigenvalue weighted by atomic mass is 16.4. The summed E-state index contributed by atoms with van der Waals surface area (Å²) in [6.07, 6.45) is 1.70. The Kier molecular flexibility index (Phi) is 3.22. The van der Waals surface area contributed by atoms with Gasteiger partial charge in [-0.3, -0.25) is 9.89 Å². The van der Waals surface area contributed by atoms with Crippen LogP contribution in [0.25, 0.3) is 0 Å². The lowest BCUT2D eigenvalue weighted by Crippen LogP contribution is -2.09. The van der Waals surface area contributed by atoms with Gasteiger partial charge in [0.2, 0.25) is 5.91 Å². The molecule has 0 saturated carbocycles. The molecule has 1 aromatic rings. The van der Waals surface area contributed by atoms with Gasteiger partial charge in [0.1, 0.15) is 0 Å². The second-order valence-corrected chi connectivity index (χ2v) is 2.98. The molecule has 1 heterocycles. The third-order valence-corrected chi connectivity index (χ3v) is 1.87. The molecule has 0 aromatic carbocycles. The summed E-state index contributed by atoms with van der Waals surface area (Å²) in [5.41, 5.74) is 1.68. The maximum atomic E-state index is 11.2. The normalized spacial score (nSPS) is 10.5. The van der Waals surface area contributed by atoms with Gasteiger partial charge < -0.3 is 10.4 Å². The first-order valence-corrected chi connectivity index (χ1v) is 4.24. The highest BCUT2D eigenvalue weighted by Crippen LogP contribution is 2.13. The average Bonchev–Trinajstić information content (AvgIpc) is 2.47. The Morgan fingerprint density at radius 2 is 2.07 bits per heavy atom. The molecule has 0 bridgehead atoms. The molecule has 80 valence electrons. The molecule has 3 N–H and O–H groups in total. The van der Waals surface area contributed by atoms with Crippen LogP contribution in [-0.4, -0.2) is 27.2 Å². The van der Waals surface area contributed by atoms with Crippen LogP contribution in [0.15, 0.2) is 12.2 Å². The Hall–Kier alpha value is -2.11. The Morgan fingerprint density at radius 1 is 1.40 bits per heavy atom. The van der Waals surface area contributed by atoms with Crippen molar-refractivity contribution in [2.24, 2.45) is 0 Å². The predicted octanol–water partition coefficient (Wildman–Crippen LogP) is 0.606. The fraction of sp³-hybridized carbons (Fsp3) is 0.222. The van der Waals surface area contributed by atoms with Crippen molar-refractivity contribution in [1.82, 2.24) is 10.2 Å². The van der Waals surface area contributed by atoms with Crippen LogP contribution >= 0.6 is 0 Å². The van der Waals surface area contributed by atoms with Crippen LogP contribution in [0.4, 0.5) is 5.82 Å². The number of nitrogens with zero attached hydrogens (tertiary/aromatic N) is 1. The molecule has 0 spiro atoms. The number of aliphatic carboxylic acids is 1. The van der Waals surface area contributed by atoms with E-state index in [1.807, 2.05) is 6.92 Å². The van der Waals surface area contributed by atoms with Crippen LogP contribution in [0.5, 0.6) is 0 Å². The summed E-state index contributed by atoms with van der Waals surface area (Å²) in [6, 6.07) is 0. The van der Waals surface area contributed by atoms with E-state index in [9.17, 15) is 9.59 Å². The minimum atomic E-state index is -1.17. The molecule has 0 fully saturated rings. The zero-order chi connectivity index (χ0) is 11.4. The van der Waals surface area contributed by atoms with E-state index in [0.717, 1.165) is 23.4 Å². The molecule has 0 radical (unpaired) electrons. The first-order valence-electron chi connectivity index (χ1n) is 4.24. The fourth-order valence-corrected chi connectivity index (χ4v) is 0.912. The first-order chi connectivity index (χ1) is 7.00. The lowest BCUT2D eigenvalue weighted by atomic mass is 10.3. The summed E-state index contributed by atoms with van der Waals surface area (Å²) in [6.45, 7) is 3.63. The van der Waals surface area contributed by atoms with Crippen molar-refractivity contribution in [3.05, 3.63) is 23.4 Å². The number of carboxylic acids is 1. The van der Waals surface area contributed by atoms with Gasteiger partial charge in [-0.15, -0.1) is 0 Å². The molecule has 0 saturated heterocycles. The second-order valence-electron chi connectivity index (χ2n) is 2.98. The molecule has 1 rings (SSSR count). The van der Waals surface area contributed by atoms with Crippen molar-refractivity contribution >= 4 is 17.7 Å². The number of aromatic amines is 1. The molecule has 0 aliphatic heterocycles. The number of hydrogen-bond donors (Lipinski definition) is 3. The van der Waals surface area contributed by atoms with Crippen LogP contribution < -0.4 is 5.32 Å². The van der Waals surface area contributed by atoms with Gasteiger partial charge in [-0.2, -0.15) is 5.10 Å². The third kappa shape index (κ3) is 2.94. The lowest BCUT2D eigenvalue weighted by Gasteiger charge is -1.97. The zero-order valence-electron chi connectivity index (χ0n) is 8.37. The molecule has 0 atom stereocenters. The highest BCUT2D eigenvalue weighted by Gasteiger charge is 2.07. The van der Waals surface area contributed by atoms with Gasteiger partial charge in [0, 0.05) is 23.4 Å². The van der Waals surface area contributed by atoms with E-state index in [1.165, 1.54) is 0 Å². The van der Waals surface area contributed by atoms with Gasteiger partial charge in [-0.25, -0.2) is 4.79 Å². The van der Waals surface area contributed by atoms with Crippen molar-refractivity contribution in [3.63, 3.8) is 0 Å². The molecule has 0 unspecified atom stereocenters. The first kappa shape index (κ1) is 11.0. The number of hydrogen-bond acceptors (Lipinski definition) is 3. The summed E-state index contributed by atoms with van der Waals surface area (Å²) in [7, 11) is 0. The summed E-state index contributed by atoms with van der Waals surface area (Å²) in [5.74, 6) is -1.28. The number of carbonyl (C=O) groups is 2. The predicted molar refractivity (Wildman–Crippen MR) is 53.5 cm³/mol. The quantitative estimate of drug-likeness (QED) is 0.635. The number of carboxylic acid groups (broad SMARTS) is 1. The molecule has 0 aliphatic rings. The SMILES string of the molecule is Cc1[nH]nc(NC(=O)/C=C/C(=O)O)c1C. The zero-order valence-corrected chi connectivity index (χ0v) is 8.37. The number of aryl methyl sites for hydroxylation is 1. The van der Waals surface area contributed by atoms with Crippen LogP contribution in [0.2, 0.25) is 0 Å². The molecule has 6 nitrogen and oxygen atoms in total. The van der Waals surface area contributed by atoms with Gasteiger partial charge in [-0.05, 0) is 13.8 Å². The lowest BCUT2D eigenvalue weighted by molar-refractivity contribution is -0.131. The van der Waals surface area contributed by atoms with E-state index in [2.05, 4.69) is 15.5 Å². The summed E-state index contributed by atoms with van der Waals surface area (Å²) in [5, 5.41) is 17.3. The van der Waals surface area contributed by atoms with Gasteiger partial charge in [0.05, 0.1) is 0 Å².